The molecule has 0 unspecified atom stereocenters. The highest BCUT2D eigenvalue weighted by Gasteiger charge is 2.39. The zero-order valence-corrected chi connectivity index (χ0v) is 32.4. The van der Waals surface area contributed by atoms with Crippen LogP contribution in [0.2, 0.25) is 0 Å². The number of para-hydroxylation sites is 1. The van der Waals surface area contributed by atoms with Crippen LogP contribution in [0.15, 0.2) is 139 Å². The number of aromatic nitrogens is 4. The summed E-state index contributed by atoms with van der Waals surface area (Å²) in [6, 6.07) is 41.8. The lowest BCUT2D eigenvalue weighted by molar-refractivity contribution is -0.268. The van der Waals surface area contributed by atoms with Gasteiger partial charge in [0.2, 0.25) is 5.16 Å². The summed E-state index contributed by atoms with van der Waals surface area (Å²) in [5, 5.41) is 28.4. The minimum Gasteiger partial charge on any atom is -0.467 e. The highest BCUT2D eigenvalue weighted by atomic mass is 32.2. The van der Waals surface area contributed by atoms with Gasteiger partial charge in [-0.15, -0.1) is 5.10 Å². The topological polar surface area (TPSA) is 150 Å². The maximum absolute atomic E-state index is 12.9. The monoisotopic (exact) mass is 784 g/mol. The van der Waals surface area contributed by atoms with Crippen molar-refractivity contribution >= 4 is 23.8 Å². The van der Waals surface area contributed by atoms with Gasteiger partial charge in [-0.05, 0) is 68.1 Å². The van der Waals surface area contributed by atoms with E-state index in [9.17, 15) is 14.7 Å². The van der Waals surface area contributed by atoms with E-state index in [2.05, 4.69) is 39.1 Å². The Kier molecular flexibility index (Phi) is 13.0. The van der Waals surface area contributed by atoms with Gasteiger partial charge in [0.15, 0.2) is 6.29 Å². The maximum atomic E-state index is 12.9. The smallest absolute Gasteiger partial charge is 0.328 e. The molecule has 0 saturated carbocycles. The fourth-order valence-corrected chi connectivity index (χ4v) is 7.82. The van der Waals surface area contributed by atoms with Gasteiger partial charge in [-0.2, -0.15) is 4.68 Å². The number of urea groups is 1. The van der Waals surface area contributed by atoms with Gasteiger partial charge in [0.1, 0.15) is 6.04 Å². The standard InChI is InChI=1S/C44H44N6O6S/c1-29-39(28-57-44-47-48-49-50(44)37-17-7-4-8-18-37)55-42(56-40(29)33-21-19-31(27-51)20-22-33)36-16-10-15-35(25-36)34-14-9-13-32(23-34)26-45-43(53)46-38(41(52)54-2)24-30-11-5-3-6-12-30/h3-23,25,29,38-40,42,51H,24,26-28H2,1-2H3,(H2,45,46,53)/t29-,38+,39+,40+,42+/m1/s1. The summed E-state index contributed by atoms with van der Waals surface area (Å²) in [6.45, 7) is 2.33. The number of benzene rings is 5. The van der Waals surface area contributed by atoms with Gasteiger partial charge in [-0.1, -0.05) is 128 Å². The molecule has 7 rings (SSSR count). The SMILES string of the molecule is COC(=O)[C@H](Cc1ccccc1)NC(=O)NCc1cccc(-c2cccc([C@H]3O[C@@H](CSc4nnnn4-c4ccccc4)[C@@H](C)[C@@H](c4ccc(CO)cc4)O3)c2)c1. The predicted molar refractivity (Wildman–Crippen MR) is 216 cm³/mol. The Morgan fingerprint density at radius 1 is 0.825 bits per heavy atom. The maximum Gasteiger partial charge on any atom is 0.328 e. The number of nitrogens with zero attached hydrogens (tertiary/aromatic N) is 4. The molecule has 5 atom stereocenters. The summed E-state index contributed by atoms with van der Waals surface area (Å²) in [6.07, 6.45) is -0.882. The van der Waals surface area contributed by atoms with Crippen LogP contribution in [-0.4, -0.2) is 62.3 Å². The highest BCUT2D eigenvalue weighted by Crippen LogP contribution is 2.43. The summed E-state index contributed by atoms with van der Waals surface area (Å²) in [5.74, 6) is 0.0340. The molecule has 13 heteroatoms. The number of nitrogens with one attached hydrogen (secondary N) is 2. The minimum absolute atomic E-state index is 0.0272. The Bertz CT molecular complexity index is 2240. The highest BCUT2D eigenvalue weighted by molar-refractivity contribution is 7.99. The first-order chi connectivity index (χ1) is 27.9. The van der Waals surface area contributed by atoms with Crippen molar-refractivity contribution in [3.05, 3.63) is 161 Å². The molecule has 1 aliphatic rings. The summed E-state index contributed by atoms with van der Waals surface area (Å²) >= 11 is 1.53. The number of ether oxygens (including phenoxy) is 3. The Balaban J connectivity index is 1.06. The van der Waals surface area contributed by atoms with Gasteiger partial charge >= 0.3 is 12.0 Å². The number of carbonyl (C=O) groups is 2. The van der Waals surface area contributed by atoms with E-state index in [-0.39, 0.29) is 31.3 Å². The van der Waals surface area contributed by atoms with Gasteiger partial charge in [0.05, 0.1) is 31.6 Å². The molecular formula is C44H44N6O6S. The fourth-order valence-electron chi connectivity index (χ4n) is 6.77. The van der Waals surface area contributed by atoms with Crippen molar-refractivity contribution in [3.63, 3.8) is 0 Å². The molecule has 12 nitrogen and oxygen atoms in total. The molecular weight excluding hydrogens is 741 g/mol. The van der Waals surface area contributed by atoms with Gasteiger partial charge in [0, 0.05) is 30.2 Å². The molecule has 2 heterocycles. The van der Waals surface area contributed by atoms with Gasteiger partial charge < -0.3 is 30.0 Å². The molecule has 57 heavy (non-hydrogen) atoms. The average molecular weight is 785 g/mol. The third-order valence-corrected chi connectivity index (χ3v) is 10.9. The van der Waals surface area contributed by atoms with E-state index in [0.717, 1.165) is 44.6 Å². The Hall–Kier alpha value is -5.86. The second-order valence-corrected chi connectivity index (χ2v) is 14.7. The largest absolute Gasteiger partial charge is 0.467 e. The molecule has 2 amide bonds. The molecule has 1 aromatic heterocycles. The number of aliphatic hydroxyl groups is 1. The fraction of sp³-hybridized carbons (Fsp3) is 0.250. The molecule has 0 aliphatic carbocycles. The van der Waals surface area contributed by atoms with Crippen LogP contribution in [0.1, 0.15) is 47.1 Å². The lowest BCUT2D eigenvalue weighted by Gasteiger charge is -2.41. The molecule has 5 aromatic carbocycles. The third-order valence-electron chi connectivity index (χ3n) is 9.89. The number of hydrogen-bond donors (Lipinski definition) is 3. The van der Waals surface area contributed by atoms with Gasteiger partial charge in [-0.3, -0.25) is 0 Å². The Labute approximate surface area is 335 Å². The van der Waals surface area contributed by atoms with Crippen LogP contribution in [0.4, 0.5) is 4.79 Å². The van der Waals surface area contributed by atoms with Crippen molar-refractivity contribution < 1.29 is 28.9 Å². The number of aliphatic hydroxyl groups excluding tert-OH is 1. The third kappa shape index (κ3) is 9.94. The Morgan fingerprint density at radius 3 is 2.26 bits per heavy atom. The van der Waals surface area contributed by atoms with E-state index >= 15 is 0 Å². The number of tetrazole rings is 1. The number of thioether (sulfide) groups is 1. The van der Waals surface area contributed by atoms with Gasteiger partial charge in [-0.25, -0.2) is 9.59 Å². The van der Waals surface area contributed by atoms with E-state index < -0.39 is 24.3 Å². The molecule has 1 fully saturated rings. The van der Waals surface area contributed by atoms with Crippen LogP contribution in [0.3, 0.4) is 0 Å². The first kappa shape index (κ1) is 39.4. The normalized spacial score (nSPS) is 18.4. The molecule has 0 spiro atoms. The number of hydrogen-bond acceptors (Lipinski definition) is 10. The molecule has 292 valence electrons. The van der Waals surface area contributed by atoms with Crippen LogP contribution in [0.5, 0.6) is 0 Å². The molecule has 6 aromatic rings. The number of methoxy groups -OCH3 is 1. The lowest BCUT2D eigenvalue weighted by Crippen LogP contribution is -2.47. The second-order valence-electron chi connectivity index (χ2n) is 13.8. The van der Waals surface area contributed by atoms with Crippen molar-refractivity contribution in [2.45, 2.75) is 56.2 Å². The Morgan fingerprint density at radius 2 is 1.53 bits per heavy atom. The van der Waals surface area contributed by atoms with E-state index in [4.69, 9.17) is 14.2 Å². The van der Waals surface area contributed by atoms with E-state index in [1.54, 1.807) is 4.68 Å². The molecule has 1 aliphatic heterocycles. The van der Waals surface area contributed by atoms with Crippen molar-refractivity contribution in [1.29, 1.82) is 0 Å². The molecule has 0 bridgehead atoms. The number of carbonyl (C=O) groups excluding carboxylic acids is 2. The first-order valence-electron chi connectivity index (χ1n) is 18.7. The van der Waals surface area contributed by atoms with Crippen LogP contribution < -0.4 is 10.6 Å². The van der Waals surface area contributed by atoms with E-state index in [1.807, 2.05) is 127 Å². The summed E-state index contributed by atoms with van der Waals surface area (Å²) < 4.78 is 20.2. The number of rotatable bonds is 14. The zero-order chi connectivity index (χ0) is 39.6. The lowest BCUT2D eigenvalue weighted by atomic mass is 9.91. The summed E-state index contributed by atoms with van der Waals surface area (Å²) in [5.41, 5.74) is 7.25. The molecule has 0 radical (unpaired) electrons. The van der Waals surface area contributed by atoms with Crippen molar-refractivity contribution in [3.8, 4) is 16.8 Å². The van der Waals surface area contributed by atoms with Crippen LogP contribution in [0, 0.1) is 5.92 Å². The van der Waals surface area contributed by atoms with Crippen molar-refractivity contribution in [2.24, 2.45) is 5.92 Å². The molecule has 3 N–H and O–H groups in total. The number of amides is 2. The zero-order valence-electron chi connectivity index (χ0n) is 31.6. The van der Waals surface area contributed by atoms with Crippen molar-refractivity contribution in [1.82, 2.24) is 30.8 Å². The van der Waals surface area contributed by atoms with E-state index in [0.29, 0.717) is 17.3 Å². The minimum atomic E-state index is -0.831. The van der Waals surface area contributed by atoms with Crippen molar-refractivity contribution in [2.75, 3.05) is 12.9 Å². The molecule has 1 saturated heterocycles. The summed E-state index contributed by atoms with van der Waals surface area (Å²) in [4.78, 5) is 25.4. The first-order valence-corrected chi connectivity index (χ1v) is 19.7. The average Bonchev–Trinajstić information content (AvgIpc) is 3.74. The second kappa shape index (κ2) is 18.9. The van der Waals surface area contributed by atoms with E-state index in [1.165, 1.54) is 18.9 Å². The van der Waals surface area contributed by atoms with Crippen LogP contribution in [0.25, 0.3) is 16.8 Å². The number of esters is 1. The van der Waals surface area contributed by atoms with Gasteiger partial charge in [0.25, 0.3) is 0 Å². The van der Waals surface area contributed by atoms with Crippen LogP contribution in [-0.2, 0) is 38.6 Å². The van der Waals surface area contributed by atoms with Crippen LogP contribution >= 0.6 is 11.8 Å². The quantitative estimate of drug-likeness (QED) is 0.0780. The summed E-state index contributed by atoms with van der Waals surface area (Å²) in [7, 11) is 1.31. The predicted octanol–water partition coefficient (Wildman–Crippen LogP) is 6.99.